The number of halogens is 1. The van der Waals surface area contributed by atoms with Crippen LogP contribution in [-0.4, -0.2) is 81.0 Å². The highest BCUT2D eigenvalue weighted by Gasteiger charge is 2.25. The number of ether oxygens (including phenoxy) is 1. The number of nitrogens with zero attached hydrogens (tertiary/aromatic N) is 5. The number of hydrogen-bond acceptors (Lipinski definition) is 8. The molecule has 1 aliphatic heterocycles. The number of sulfonamides is 1. The van der Waals surface area contributed by atoms with Gasteiger partial charge in [-0.25, -0.2) is 22.7 Å². The second-order valence-electron chi connectivity index (χ2n) is 10.4. The first-order valence-corrected chi connectivity index (χ1v) is 14.8. The van der Waals surface area contributed by atoms with Crippen molar-refractivity contribution in [1.82, 2.24) is 19.2 Å². The summed E-state index contributed by atoms with van der Waals surface area (Å²) in [6.07, 6.45) is 3.08. The van der Waals surface area contributed by atoms with Crippen molar-refractivity contribution in [2.24, 2.45) is 0 Å². The van der Waals surface area contributed by atoms with Gasteiger partial charge in [0.25, 0.3) is 0 Å². The van der Waals surface area contributed by atoms with Crippen molar-refractivity contribution < 1.29 is 13.2 Å². The van der Waals surface area contributed by atoms with Crippen LogP contribution in [0.15, 0.2) is 53.6 Å². The van der Waals surface area contributed by atoms with Crippen LogP contribution in [0, 0.1) is 0 Å². The Morgan fingerprint density at radius 3 is 2.56 bits per heavy atom. The Morgan fingerprint density at radius 1 is 1.15 bits per heavy atom. The third kappa shape index (κ3) is 6.81. The van der Waals surface area contributed by atoms with Gasteiger partial charge in [-0.05, 0) is 52.6 Å². The number of anilines is 3. The predicted molar refractivity (Wildman–Crippen MR) is 157 cm³/mol. The van der Waals surface area contributed by atoms with Crippen LogP contribution < -0.4 is 15.0 Å². The van der Waals surface area contributed by atoms with Crippen LogP contribution in [0.25, 0.3) is 0 Å². The molecule has 2 heterocycles. The zero-order valence-electron chi connectivity index (χ0n) is 23.3. The summed E-state index contributed by atoms with van der Waals surface area (Å²) in [6.45, 7) is 6.00. The van der Waals surface area contributed by atoms with E-state index in [9.17, 15) is 8.42 Å². The fourth-order valence-corrected chi connectivity index (χ4v) is 5.69. The van der Waals surface area contributed by atoms with Crippen LogP contribution in [0.2, 0.25) is 5.02 Å². The molecule has 1 fully saturated rings. The molecule has 0 saturated carbocycles. The van der Waals surface area contributed by atoms with Gasteiger partial charge in [0.15, 0.2) is 5.82 Å². The van der Waals surface area contributed by atoms with E-state index in [1.807, 2.05) is 13.8 Å². The normalized spacial score (nSPS) is 15.9. The summed E-state index contributed by atoms with van der Waals surface area (Å²) in [4.78, 5) is 13.9. The van der Waals surface area contributed by atoms with Gasteiger partial charge in [-0.2, -0.15) is 0 Å². The van der Waals surface area contributed by atoms with Gasteiger partial charge in [-0.3, -0.25) is 0 Å². The zero-order valence-corrected chi connectivity index (χ0v) is 24.9. The van der Waals surface area contributed by atoms with Crippen LogP contribution in [0.5, 0.6) is 5.75 Å². The maximum Gasteiger partial charge on any atom is 0.244 e. The van der Waals surface area contributed by atoms with Crippen LogP contribution in [0.1, 0.15) is 31.7 Å². The van der Waals surface area contributed by atoms with Gasteiger partial charge >= 0.3 is 0 Å². The van der Waals surface area contributed by atoms with E-state index < -0.39 is 10.0 Å². The summed E-state index contributed by atoms with van der Waals surface area (Å²) >= 11 is 6.42. The summed E-state index contributed by atoms with van der Waals surface area (Å²) in [6, 6.07) is 13.5. The van der Waals surface area contributed by atoms with Crippen molar-refractivity contribution in [3.63, 3.8) is 0 Å². The first kappa shape index (κ1) is 29.1. The summed E-state index contributed by atoms with van der Waals surface area (Å²) in [5.41, 5.74) is 2.48. The van der Waals surface area contributed by atoms with Gasteiger partial charge in [-0.1, -0.05) is 29.8 Å². The summed E-state index contributed by atoms with van der Waals surface area (Å²) in [7, 11) is 3.56. The second-order valence-corrected chi connectivity index (χ2v) is 12.9. The molecule has 4 rings (SSSR count). The van der Waals surface area contributed by atoms with Gasteiger partial charge < -0.3 is 19.9 Å². The van der Waals surface area contributed by atoms with Crippen LogP contribution >= 0.6 is 11.6 Å². The molecule has 1 aliphatic rings. The quantitative estimate of drug-likeness (QED) is 0.376. The molecule has 0 bridgehead atoms. The largest absolute Gasteiger partial charge is 0.491 e. The van der Waals surface area contributed by atoms with Gasteiger partial charge in [-0.15, -0.1) is 0 Å². The summed E-state index contributed by atoms with van der Waals surface area (Å²) in [5, 5.41) is 3.39. The fraction of sp³-hybridized carbons (Fsp3) is 0.429. The van der Waals surface area contributed by atoms with Crippen molar-refractivity contribution in [3.8, 4) is 5.75 Å². The molecular weight excluding hydrogens is 536 g/mol. The van der Waals surface area contributed by atoms with Crippen LogP contribution in [0.4, 0.5) is 17.2 Å². The van der Waals surface area contributed by atoms with Crippen molar-refractivity contribution in [3.05, 3.63) is 65.1 Å². The SMILES string of the molecule is CC(C)Oc1cc(N2CC[C@H](N(C)C)C2)ccc1Cc1ncc(Cl)c(Nc2ccccc2S(=O)(=O)N(C)C)n1. The Bertz CT molecular complexity index is 1410. The lowest BCUT2D eigenvalue weighted by atomic mass is 10.1. The number of nitrogens with one attached hydrogen (secondary N) is 1. The van der Waals surface area contributed by atoms with E-state index in [2.05, 4.69) is 57.4 Å². The zero-order chi connectivity index (χ0) is 28.3. The van der Waals surface area contributed by atoms with E-state index >= 15 is 0 Å². The van der Waals surface area contributed by atoms with E-state index in [-0.39, 0.29) is 16.0 Å². The average Bonchev–Trinajstić information content (AvgIpc) is 3.38. The third-order valence-electron chi connectivity index (χ3n) is 6.71. The van der Waals surface area contributed by atoms with E-state index in [0.29, 0.717) is 29.8 Å². The second kappa shape index (κ2) is 12.1. The van der Waals surface area contributed by atoms with Crippen molar-refractivity contribution in [2.45, 2.75) is 43.7 Å². The molecule has 3 aromatic rings. The van der Waals surface area contributed by atoms with Crippen LogP contribution in [0.3, 0.4) is 0 Å². The molecule has 2 aromatic carbocycles. The lowest BCUT2D eigenvalue weighted by Gasteiger charge is -2.23. The molecule has 9 nitrogen and oxygen atoms in total. The molecule has 39 heavy (non-hydrogen) atoms. The predicted octanol–water partition coefficient (Wildman–Crippen LogP) is 4.64. The van der Waals surface area contributed by atoms with E-state index in [1.54, 1.807) is 24.3 Å². The molecule has 0 amide bonds. The molecule has 11 heteroatoms. The van der Waals surface area contributed by atoms with E-state index in [1.165, 1.54) is 24.6 Å². The Labute approximate surface area is 236 Å². The highest BCUT2D eigenvalue weighted by atomic mass is 35.5. The fourth-order valence-electron chi connectivity index (χ4n) is 4.51. The molecule has 210 valence electrons. The number of aromatic nitrogens is 2. The molecule has 0 spiro atoms. The molecule has 1 saturated heterocycles. The molecule has 1 N–H and O–H groups in total. The van der Waals surface area contributed by atoms with Crippen molar-refractivity contribution in [1.29, 1.82) is 0 Å². The Morgan fingerprint density at radius 2 is 1.90 bits per heavy atom. The van der Waals surface area contributed by atoms with Gasteiger partial charge in [0.05, 0.1) is 18.0 Å². The first-order chi connectivity index (χ1) is 18.5. The Balaban J connectivity index is 1.61. The highest BCUT2D eigenvalue weighted by molar-refractivity contribution is 7.89. The van der Waals surface area contributed by atoms with E-state index in [4.69, 9.17) is 16.3 Å². The minimum Gasteiger partial charge on any atom is -0.491 e. The summed E-state index contributed by atoms with van der Waals surface area (Å²) in [5.74, 6) is 1.66. The standard InChI is InChI=1S/C28H37ClN6O3S/c1-19(2)38-25-16-21(35-14-13-22(18-35)33(3)4)12-11-20(25)15-27-30-17-23(29)28(32-27)31-24-9-7-8-10-26(24)39(36,37)34(5)6/h7-12,16-17,19,22H,13-15,18H2,1-6H3,(H,30,31,32)/t22-/m0/s1. The van der Waals surface area contributed by atoms with Crippen LogP contribution in [-0.2, 0) is 16.4 Å². The van der Waals surface area contributed by atoms with E-state index in [0.717, 1.165) is 36.5 Å². The molecule has 0 radical (unpaired) electrons. The van der Waals surface area contributed by atoms with Crippen molar-refractivity contribution >= 4 is 38.8 Å². The number of hydrogen-bond donors (Lipinski definition) is 1. The minimum atomic E-state index is -3.67. The van der Waals surface area contributed by atoms with Gasteiger partial charge in [0.2, 0.25) is 10.0 Å². The number of benzene rings is 2. The minimum absolute atomic E-state index is 0.00520. The smallest absolute Gasteiger partial charge is 0.244 e. The third-order valence-corrected chi connectivity index (χ3v) is 8.86. The lowest BCUT2D eigenvalue weighted by molar-refractivity contribution is 0.240. The van der Waals surface area contributed by atoms with Gasteiger partial charge in [0, 0.05) is 57.0 Å². The average molecular weight is 573 g/mol. The first-order valence-electron chi connectivity index (χ1n) is 13.0. The molecule has 0 aliphatic carbocycles. The lowest BCUT2D eigenvalue weighted by Crippen LogP contribution is -2.31. The maximum atomic E-state index is 12.8. The molecule has 1 atom stereocenters. The topological polar surface area (TPSA) is 90.9 Å². The number of rotatable bonds is 10. The Kier molecular flexibility index (Phi) is 9.00. The van der Waals surface area contributed by atoms with Crippen molar-refractivity contribution in [2.75, 3.05) is 51.5 Å². The molecule has 1 aromatic heterocycles. The Hall–Kier alpha value is -2.92. The molecular formula is C28H37ClN6O3S. The highest BCUT2D eigenvalue weighted by Crippen LogP contribution is 2.32. The number of likely N-dealkylation sites (N-methyl/N-ethyl adjacent to an activating group) is 1. The van der Waals surface area contributed by atoms with Gasteiger partial charge in [0.1, 0.15) is 21.5 Å². The maximum absolute atomic E-state index is 12.8. The molecule has 0 unspecified atom stereocenters. The monoisotopic (exact) mass is 572 g/mol. The number of para-hydroxylation sites is 1. The summed E-state index contributed by atoms with van der Waals surface area (Å²) < 4.78 is 33.1.